The summed E-state index contributed by atoms with van der Waals surface area (Å²) < 4.78 is 11.5. The van der Waals surface area contributed by atoms with Gasteiger partial charge in [-0.2, -0.15) is 5.10 Å². The quantitative estimate of drug-likeness (QED) is 0.152. The summed E-state index contributed by atoms with van der Waals surface area (Å²) in [5.74, 6) is -2.24. The minimum atomic E-state index is -1.73. The Bertz CT molecular complexity index is 1710. The number of rotatable bonds is 6. The van der Waals surface area contributed by atoms with Gasteiger partial charge in [-0.05, 0) is 68.4 Å². The van der Waals surface area contributed by atoms with Crippen LogP contribution in [0, 0.1) is 5.92 Å². The molecule has 2 unspecified atom stereocenters. The lowest BCUT2D eigenvalue weighted by Gasteiger charge is -2.47. The smallest absolute Gasteiger partial charge is 0.271 e. The Morgan fingerprint density at radius 1 is 1.06 bits per heavy atom. The maximum atomic E-state index is 14.0. The van der Waals surface area contributed by atoms with Crippen molar-refractivity contribution in [3.05, 3.63) is 87.5 Å². The summed E-state index contributed by atoms with van der Waals surface area (Å²) >= 11 is 0. The molecule has 12 nitrogen and oxygen atoms in total. The number of carbonyl (C=O) groups is 3. The Labute approximate surface area is 271 Å². The maximum absolute atomic E-state index is 14.0. The summed E-state index contributed by atoms with van der Waals surface area (Å²) in [7, 11) is 1.38. The number of Topliss-reactive ketones (excluding diaryl/α,β-unsaturated/α-hetero) is 2. The average molecular weight is 646 g/mol. The third kappa shape index (κ3) is 5.64. The van der Waals surface area contributed by atoms with Crippen LogP contribution in [0.25, 0.3) is 0 Å². The van der Waals surface area contributed by atoms with Crippen molar-refractivity contribution in [3.8, 4) is 5.75 Å². The van der Waals surface area contributed by atoms with Gasteiger partial charge >= 0.3 is 0 Å². The molecule has 8 atom stereocenters. The number of hydrazone groups is 1. The van der Waals surface area contributed by atoms with Gasteiger partial charge in [0, 0.05) is 34.7 Å². The number of amides is 1. The van der Waals surface area contributed by atoms with E-state index in [1.807, 2.05) is 0 Å². The molecule has 4 aliphatic rings. The number of ether oxygens (including phenoxy) is 2. The molecule has 1 heterocycles. The number of nitrogens with one attached hydrogen (secondary N) is 1. The van der Waals surface area contributed by atoms with Gasteiger partial charge in [0.1, 0.15) is 23.6 Å². The molecule has 1 amide bonds. The molecule has 12 heteroatoms. The molecular weight excluding hydrogens is 606 g/mol. The fourth-order valence-corrected chi connectivity index (χ4v) is 7.52. The third-order valence-corrected chi connectivity index (χ3v) is 9.99. The van der Waals surface area contributed by atoms with Crippen LogP contribution in [-0.4, -0.2) is 92.9 Å². The average Bonchev–Trinajstić information content (AvgIpc) is 3.06. The summed E-state index contributed by atoms with van der Waals surface area (Å²) in [5.41, 5.74) is 7.58. The number of carbonyl (C=O) groups excluding carboxylic acids is 3. The number of nitrogens with two attached hydrogens (primary N) is 1. The molecule has 0 radical (unpaired) electrons. The molecule has 0 bridgehead atoms. The molecule has 2 aromatic rings. The summed E-state index contributed by atoms with van der Waals surface area (Å²) in [4.78, 5) is 40.5. The first-order valence-electron chi connectivity index (χ1n) is 15.7. The van der Waals surface area contributed by atoms with Gasteiger partial charge in [-0.15, -0.1) is 0 Å². The zero-order chi connectivity index (χ0) is 33.8. The Morgan fingerprint density at radius 3 is 2.45 bits per heavy atom. The van der Waals surface area contributed by atoms with Gasteiger partial charge in [0.25, 0.3) is 5.91 Å². The fourth-order valence-electron chi connectivity index (χ4n) is 7.52. The van der Waals surface area contributed by atoms with E-state index in [0.717, 1.165) is 0 Å². The number of hydrogen-bond acceptors (Lipinski definition) is 11. The van der Waals surface area contributed by atoms with Crippen molar-refractivity contribution >= 4 is 23.2 Å². The van der Waals surface area contributed by atoms with Gasteiger partial charge in [0.2, 0.25) is 0 Å². The van der Waals surface area contributed by atoms with E-state index in [0.29, 0.717) is 11.1 Å². The molecule has 0 saturated carbocycles. The topological polar surface area (TPSA) is 201 Å². The van der Waals surface area contributed by atoms with Crippen LogP contribution in [0.4, 0.5) is 0 Å². The molecule has 47 heavy (non-hydrogen) atoms. The number of benzene rings is 2. The molecule has 7 N–H and O–H groups in total. The van der Waals surface area contributed by atoms with Crippen LogP contribution in [0.3, 0.4) is 0 Å². The van der Waals surface area contributed by atoms with Crippen molar-refractivity contribution in [2.75, 3.05) is 7.11 Å². The van der Waals surface area contributed by atoms with Crippen LogP contribution < -0.4 is 15.9 Å². The Hall–Kier alpha value is -4.04. The first-order chi connectivity index (χ1) is 22.4. The van der Waals surface area contributed by atoms with Crippen LogP contribution in [0.5, 0.6) is 5.75 Å². The van der Waals surface area contributed by atoms with E-state index in [9.17, 15) is 34.8 Å². The minimum absolute atomic E-state index is 0.0111. The molecule has 0 spiro atoms. The molecule has 3 aliphatic carbocycles. The predicted octanol–water partition coefficient (Wildman–Crippen LogP) is 1.61. The van der Waals surface area contributed by atoms with Gasteiger partial charge in [-0.3, -0.25) is 14.4 Å². The lowest BCUT2D eigenvalue weighted by Crippen LogP contribution is -2.53. The molecule has 1 saturated heterocycles. The highest BCUT2D eigenvalue weighted by atomic mass is 16.5. The van der Waals surface area contributed by atoms with E-state index in [-0.39, 0.29) is 65.0 Å². The largest absolute Gasteiger partial charge is 0.496 e. The molecule has 0 aromatic heterocycles. The van der Waals surface area contributed by atoms with Crippen molar-refractivity contribution in [2.45, 2.75) is 81.7 Å². The van der Waals surface area contributed by atoms with Gasteiger partial charge in [0.05, 0.1) is 36.7 Å². The zero-order valence-electron chi connectivity index (χ0n) is 26.3. The number of methoxy groups -OCH3 is 1. The van der Waals surface area contributed by atoms with Crippen LogP contribution in [0.15, 0.2) is 75.9 Å². The number of aliphatic hydroxyl groups excluding tert-OH is 3. The second kappa shape index (κ2) is 12.5. The van der Waals surface area contributed by atoms with Gasteiger partial charge in [-0.1, -0.05) is 30.3 Å². The highest BCUT2D eigenvalue weighted by Crippen LogP contribution is 2.50. The summed E-state index contributed by atoms with van der Waals surface area (Å²) in [6, 6.07) is 12.4. The predicted molar refractivity (Wildman–Crippen MR) is 170 cm³/mol. The van der Waals surface area contributed by atoms with Gasteiger partial charge in [-0.25, -0.2) is 5.43 Å². The Balaban J connectivity index is 1.39. The Morgan fingerprint density at radius 2 is 1.77 bits per heavy atom. The normalized spacial score (nSPS) is 32.4. The number of nitrogens with zero attached hydrogens (tertiary/aromatic N) is 1. The van der Waals surface area contributed by atoms with E-state index < -0.39 is 65.6 Å². The number of fused-ring (bicyclic) bond motifs is 1. The second-order valence-corrected chi connectivity index (χ2v) is 12.9. The standard InChI is InChI=1S/C35H39N3O9/c1-16-29(39)23(36)13-20(47-16)12-19-14-35(45,17(2)37-38-34(44)18-8-5-4-6-9-18)15-22-25(19)32(42)28-27(31(22)41)30(40)21-10-7-11-24(46-3)26(21)33(28)43/h4-11,16,19-20,23,29,31-32,39,41-42,45H,12-15,36H2,1-3H3,(H,38,44)/b37-17+/t16-,19-,20+,23-,29-,31?,32?,35-/m0/s1. The van der Waals surface area contributed by atoms with E-state index in [1.54, 1.807) is 56.3 Å². The number of aliphatic hydroxyl groups is 4. The highest BCUT2D eigenvalue weighted by Gasteiger charge is 2.53. The van der Waals surface area contributed by atoms with Crippen LogP contribution in [0.1, 0.15) is 70.6 Å². The SMILES string of the molecule is COc1cccc2c1C(=O)C1=C(C2=O)C(O)C2=C(C1O)[C@@H](C[C@@H]1C[C@H](N)[C@@H](O)[C@H](C)O1)C[C@@](O)(/C(C)=N/NC(=O)c1ccccc1)C2. The first-order valence-corrected chi connectivity index (χ1v) is 15.7. The lowest BCUT2D eigenvalue weighted by atomic mass is 9.61. The lowest BCUT2D eigenvalue weighted by molar-refractivity contribution is -0.124. The maximum Gasteiger partial charge on any atom is 0.271 e. The van der Waals surface area contributed by atoms with Crippen molar-refractivity contribution in [1.82, 2.24) is 5.43 Å². The monoisotopic (exact) mass is 645 g/mol. The molecule has 6 rings (SSSR count). The van der Waals surface area contributed by atoms with Gasteiger partial charge < -0.3 is 35.6 Å². The molecule has 1 fully saturated rings. The van der Waals surface area contributed by atoms with Crippen molar-refractivity contribution in [2.24, 2.45) is 16.8 Å². The van der Waals surface area contributed by atoms with Crippen LogP contribution >= 0.6 is 0 Å². The Kier molecular flexibility index (Phi) is 8.77. The van der Waals surface area contributed by atoms with E-state index >= 15 is 0 Å². The van der Waals surface area contributed by atoms with E-state index in [4.69, 9.17) is 15.2 Å². The molecule has 248 valence electrons. The van der Waals surface area contributed by atoms with Crippen molar-refractivity contribution < 1.29 is 44.3 Å². The molecular formula is C35H39N3O9. The van der Waals surface area contributed by atoms with E-state index in [1.165, 1.54) is 13.2 Å². The third-order valence-electron chi connectivity index (χ3n) is 9.99. The molecule has 2 aromatic carbocycles. The first kappa shape index (κ1) is 32.9. The molecule has 1 aliphatic heterocycles. The fraction of sp³-hybridized carbons (Fsp3) is 0.429. The summed E-state index contributed by atoms with van der Waals surface area (Å²) in [5, 5.41) is 50.5. The highest BCUT2D eigenvalue weighted by molar-refractivity contribution is 6.29. The van der Waals surface area contributed by atoms with Gasteiger partial charge in [0.15, 0.2) is 11.6 Å². The summed E-state index contributed by atoms with van der Waals surface area (Å²) in [6.45, 7) is 3.26. The second-order valence-electron chi connectivity index (χ2n) is 12.9. The number of ketones is 2. The zero-order valence-corrected chi connectivity index (χ0v) is 26.3. The van der Waals surface area contributed by atoms with Crippen LogP contribution in [-0.2, 0) is 4.74 Å². The minimum Gasteiger partial charge on any atom is -0.496 e. The van der Waals surface area contributed by atoms with Crippen molar-refractivity contribution in [3.63, 3.8) is 0 Å². The number of hydrogen-bond donors (Lipinski definition) is 6. The van der Waals surface area contributed by atoms with Crippen LogP contribution in [0.2, 0.25) is 0 Å². The summed E-state index contributed by atoms with van der Waals surface area (Å²) in [6.07, 6.45) is -4.86. The van der Waals surface area contributed by atoms with E-state index in [2.05, 4.69) is 10.5 Å². The van der Waals surface area contributed by atoms with Crippen molar-refractivity contribution in [1.29, 1.82) is 0 Å².